The Kier molecular flexibility index (Phi) is 7.66. The number of allylic oxidation sites excluding steroid dienone is 2. The summed E-state index contributed by atoms with van der Waals surface area (Å²) in [5.74, 6) is 0.196. The zero-order chi connectivity index (χ0) is 10.1. The zero-order valence-electron chi connectivity index (χ0n) is 9.23. The molecule has 0 saturated carbocycles. The molecule has 0 aliphatic carbocycles. The molecule has 0 aromatic heterocycles. The number of hydrogen-bond donors (Lipinski definition) is 0. The maximum atomic E-state index is 10.9. The van der Waals surface area contributed by atoms with Gasteiger partial charge in [0.15, 0.2) is 5.78 Å². The van der Waals surface area contributed by atoms with Gasteiger partial charge in [-0.2, -0.15) is 0 Å². The van der Waals surface area contributed by atoms with E-state index in [-0.39, 0.29) is 5.78 Å². The van der Waals surface area contributed by atoms with E-state index in [1.165, 1.54) is 31.3 Å². The monoisotopic (exact) mass is 182 g/mol. The van der Waals surface area contributed by atoms with Crippen molar-refractivity contribution in [2.24, 2.45) is 0 Å². The van der Waals surface area contributed by atoms with Gasteiger partial charge in [0.05, 0.1) is 0 Å². The first-order valence-electron chi connectivity index (χ1n) is 5.40. The predicted molar refractivity (Wildman–Crippen MR) is 57.8 cm³/mol. The Labute approximate surface area is 82.2 Å². The van der Waals surface area contributed by atoms with E-state index in [1.54, 1.807) is 6.92 Å². The van der Waals surface area contributed by atoms with Gasteiger partial charge in [0.2, 0.25) is 0 Å². The van der Waals surface area contributed by atoms with Crippen LogP contribution in [0.2, 0.25) is 0 Å². The van der Waals surface area contributed by atoms with E-state index in [0.717, 1.165) is 12.8 Å². The fourth-order valence-corrected chi connectivity index (χ4v) is 1.36. The lowest BCUT2D eigenvalue weighted by molar-refractivity contribution is -0.112. The highest BCUT2D eigenvalue weighted by molar-refractivity contribution is 5.87. The third kappa shape index (κ3) is 7.76. The molecular weight excluding hydrogens is 160 g/mol. The normalized spacial score (nSPS) is 9.77. The van der Waals surface area contributed by atoms with E-state index < -0.39 is 0 Å². The van der Waals surface area contributed by atoms with Crippen LogP contribution in [0.4, 0.5) is 0 Å². The van der Waals surface area contributed by atoms with Gasteiger partial charge < -0.3 is 0 Å². The lowest BCUT2D eigenvalue weighted by atomic mass is 10.0. The van der Waals surface area contributed by atoms with Crippen LogP contribution in [0.25, 0.3) is 0 Å². The van der Waals surface area contributed by atoms with Crippen molar-refractivity contribution in [3.63, 3.8) is 0 Å². The third-order valence-electron chi connectivity index (χ3n) is 2.11. The summed E-state index contributed by atoms with van der Waals surface area (Å²) in [5, 5.41) is 0. The van der Waals surface area contributed by atoms with E-state index in [0.29, 0.717) is 0 Å². The standard InChI is InChI=1S/C12H22O/c1-4-6-8-12(9-7-5-2)10-11(3)13/h10H,4-9H2,1-3H3. The van der Waals surface area contributed by atoms with Crippen molar-refractivity contribution in [2.75, 3.05) is 0 Å². The molecule has 0 unspecified atom stereocenters. The summed E-state index contributed by atoms with van der Waals surface area (Å²) < 4.78 is 0. The van der Waals surface area contributed by atoms with Crippen LogP contribution in [-0.4, -0.2) is 5.78 Å². The summed E-state index contributed by atoms with van der Waals surface area (Å²) in [5.41, 5.74) is 1.34. The van der Waals surface area contributed by atoms with Crippen molar-refractivity contribution in [3.05, 3.63) is 11.6 Å². The van der Waals surface area contributed by atoms with Gasteiger partial charge in [0.1, 0.15) is 0 Å². The Hall–Kier alpha value is -0.590. The van der Waals surface area contributed by atoms with Crippen molar-refractivity contribution in [3.8, 4) is 0 Å². The third-order valence-corrected chi connectivity index (χ3v) is 2.11. The molecule has 0 saturated heterocycles. The van der Waals surface area contributed by atoms with Gasteiger partial charge in [-0.25, -0.2) is 0 Å². The average Bonchev–Trinajstić information content (AvgIpc) is 2.09. The van der Waals surface area contributed by atoms with Crippen LogP contribution in [0, 0.1) is 0 Å². The second-order valence-electron chi connectivity index (χ2n) is 3.62. The maximum absolute atomic E-state index is 10.9. The second kappa shape index (κ2) is 8.03. The molecule has 0 heterocycles. The quantitative estimate of drug-likeness (QED) is 0.546. The minimum Gasteiger partial charge on any atom is -0.295 e. The molecule has 0 spiro atoms. The molecule has 0 rings (SSSR count). The molecule has 0 fully saturated rings. The van der Waals surface area contributed by atoms with Gasteiger partial charge in [0.25, 0.3) is 0 Å². The summed E-state index contributed by atoms with van der Waals surface area (Å²) in [6.07, 6.45) is 8.88. The highest BCUT2D eigenvalue weighted by Gasteiger charge is 1.98. The molecule has 0 aliphatic heterocycles. The molecule has 0 amide bonds. The number of carbonyl (C=O) groups excluding carboxylic acids is 1. The van der Waals surface area contributed by atoms with E-state index in [2.05, 4.69) is 13.8 Å². The van der Waals surface area contributed by atoms with Crippen LogP contribution < -0.4 is 0 Å². The first-order chi connectivity index (χ1) is 6.20. The molecule has 76 valence electrons. The Bertz CT molecular complexity index is 158. The highest BCUT2D eigenvalue weighted by Crippen LogP contribution is 2.14. The predicted octanol–water partition coefficient (Wildman–Crippen LogP) is 3.88. The Morgan fingerprint density at radius 3 is 1.85 bits per heavy atom. The summed E-state index contributed by atoms with van der Waals surface area (Å²) in [6, 6.07) is 0. The van der Waals surface area contributed by atoms with Crippen molar-refractivity contribution in [1.82, 2.24) is 0 Å². The van der Waals surface area contributed by atoms with Crippen LogP contribution in [-0.2, 0) is 4.79 Å². The average molecular weight is 182 g/mol. The van der Waals surface area contributed by atoms with Crippen molar-refractivity contribution in [2.45, 2.75) is 59.3 Å². The van der Waals surface area contributed by atoms with Gasteiger partial charge in [-0.05, 0) is 38.7 Å². The topological polar surface area (TPSA) is 17.1 Å². The van der Waals surface area contributed by atoms with E-state index in [4.69, 9.17) is 0 Å². The van der Waals surface area contributed by atoms with Gasteiger partial charge in [-0.1, -0.05) is 32.3 Å². The van der Waals surface area contributed by atoms with Gasteiger partial charge in [0, 0.05) is 0 Å². The first kappa shape index (κ1) is 12.4. The molecule has 0 aromatic rings. The second-order valence-corrected chi connectivity index (χ2v) is 3.62. The number of unbranched alkanes of at least 4 members (excludes halogenated alkanes) is 2. The van der Waals surface area contributed by atoms with Crippen molar-refractivity contribution < 1.29 is 4.79 Å². The van der Waals surface area contributed by atoms with Gasteiger partial charge in [-0.3, -0.25) is 4.79 Å². The zero-order valence-corrected chi connectivity index (χ0v) is 9.23. The molecule has 0 atom stereocenters. The summed E-state index contributed by atoms with van der Waals surface area (Å²) >= 11 is 0. The van der Waals surface area contributed by atoms with Gasteiger partial charge >= 0.3 is 0 Å². The van der Waals surface area contributed by atoms with Gasteiger partial charge in [-0.15, -0.1) is 0 Å². The Balaban J connectivity index is 3.94. The lowest BCUT2D eigenvalue weighted by Gasteiger charge is -2.04. The fraction of sp³-hybridized carbons (Fsp3) is 0.750. The Morgan fingerprint density at radius 1 is 1.08 bits per heavy atom. The molecule has 13 heavy (non-hydrogen) atoms. The minimum absolute atomic E-state index is 0.196. The minimum atomic E-state index is 0.196. The number of hydrogen-bond acceptors (Lipinski definition) is 1. The van der Waals surface area contributed by atoms with Crippen LogP contribution >= 0.6 is 0 Å². The summed E-state index contributed by atoms with van der Waals surface area (Å²) in [6.45, 7) is 6.01. The highest BCUT2D eigenvalue weighted by atomic mass is 16.1. The molecule has 0 bridgehead atoms. The fourth-order valence-electron chi connectivity index (χ4n) is 1.36. The van der Waals surface area contributed by atoms with Crippen LogP contribution in [0.3, 0.4) is 0 Å². The molecule has 1 heteroatoms. The largest absolute Gasteiger partial charge is 0.295 e. The van der Waals surface area contributed by atoms with Crippen LogP contribution in [0.5, 0.6) is 0 Å². The molecular formula is C12H22O. The number of rotatable bonds is 7. The van der Waals surface area contributed by atoms with Crippen molar-refractivity contribution in [1.29, 1.82) is 0 Å². The molecule has 0 aromatic carbocycles. The van der Waals surface area contributed by atoms with Crippen molar-refractivity contribution >= 4 is 5.78 Å². The summed E-state index contributed by atoms with van der Waals surface area (Å²) in [4.78, 5) is 10.9. The van der Waals surface area contributed by atoms with Crippen LogP contribution in [0.1, 0.15) is 59.3 Å². The van der Waals surface area contributed by atoms with E-state index in [1.807, 2.05) is 6.08 Å². The maximum Gasteiger partial charge on any atom is 0.152 e. The molecule has 0 aliphatic rings. The van der Waals surface area contributed by atoms with E-state index in [9.17, 15) is 4.79 Å². The smallest absolute Gasteiger partial charge is 0.152 e. The Morgan fingerprint density at radius 2 is 1.54 bits per heavy atom. The molecule has 0 N–H and O–H groups in total. The lowest BCUT2D eigenvalue weighted by Crippen LogP contribution is -1.90. The molecule has 0 radical (unpaired) electrons. The first-order valence-corrected chi connectivity index (χ1v) is 5.40. The SMILES string of the molecule is CCCCC(=CC(C)=O)CCCC. The van der Waals surface area contributed by atoms with Crippen LogP contribution in [0.15, 0.2) is 11.6 Å². The van der Waals surface area contributed by atoms with E-state index >= 15 is 0 Å². The number of ketones is 1. The molecule has 1 nitrogen and oxygen atoms in total. The number of carbonyl (C=O) groups is 1. The summed E-state index contributed by atoms with van der Waals surface area (Å²) in [7, 11) is 0.